The van der Waals surface area contributed by atoms with Gasteiger partial charge in [0, 0.05) is 19.3 Å². The Balaban J connectivity index is 2.63. The Labute approximate surface area is 128 Å². The number of ether oxygens (including phenoxy) is 1. The Kier molecular flexibility index (Phi) is 7.23. The second-order valence-electron chi connectivity index (χ2n) is 5.53. The maximum Gasteiger partial charge on any atom is 0.322 e. The van der Waals surface area contributed by atoms with E-state index in [1.165, 1.54) is 23.9 Å². The Morgan fingerprint density at radius 2 is 2.10 bits per heavy atom. The summed E-state index contributed by atoms with van der Waals surface area (Å²) in [4.78, 5) is 14.0. The lowest BCUT2D eigenvalue weighted by Crippen LogP contribution is -2.40. The van der Waals surface area contributed by atoms with Crippen LogP contribution in [-0.2, 0) is 9.53 Å². The van der Waals surface area contributed by atoms with Crippen molar-refractivity contribution in [3.63, 3.8) is 0 Å². The van der Waals surface area contributed by atoms with E-state index in [1.807, 2.05) is 0 Å². The van der Waals surface area contributed by atoms with Gasteiger partial charge in [0.2, 0.25) is 0 Å². The molecule has 0 saturated heterocycles. The van der Waals surface area contributed by atoms with E-state index in [2.05, 4.69) is 56.2 Å². The topological polar surface area (TPSA) is 41.6 Å². The lowest BCUT2D eigenvalue weighted by atomic mass is 10.1. The highest BCUT2D eigenvalue weighted by atomic mass is 16.5. The summed E-state index contributed by atoms with van der Waals surface area (Å²) < 4.78 is 4.87. The average molecular weight is 292 g/mol. The van der Waals surface area contributed by atoms with Crippen molar-refractivity contribution in [2.24, 2.45) is 0 Å². The molecule has 0 bridgehead atoms. The predicted molar refractivity (Wildman–Crippen MR) is 87.9 cm³/mol. The van der Waals surface area contributed by atoms with Crippen LogP contribution in [-0.4, -0.2) is 39.3 Å². The number of nitrogens with one attached hydrogen (secondary N) is 1. The zero-order valence-corrected chi connectivity index (χ0v) is 13.9. The number of hydrogen-bond donors (Lipinski definition) is 1. The number of anilines is 1. The smallest absolute Gasteiger partial charge is 0.322 e. The number of benzene rings is 1. The highest BCUT2D eigenvalue weighted by Gasteiger charge is 2.18. The van der Waals surface area contributed by atoms with Crippen molar-refractivity contribution in [2.75, 3.05) is 32.1 Å². The van der Waals surface area contributed by atoms with Crippen LogP contribution in [0, 0.1) is 13.8 Å². The third kappa shape index (κ3) is 5.38. The molecule has 1 rings (SSSR count). The van der Waals surface area contributed by atoms with Gasteiger partial charge in [-0.15, -0.1) is 0 Å². The maximum absolute atomic E-state index is 11.8. The highest BCUT2D eigenvalue weighted by Crippen LogP contribution is 2.20. The van der Waals surface area contributed by atoms with E-state index >= 15 is 0 Å². The summed E-state index contributed by atoms with van der Waals surface area (Å²) >= 11 is 0. The number of esters is 1. The molecule has 0 radical (unpaired) electrons. The maximum atomic E-state index is 11.8. The van der Waals surface area contributed by atoms with Crippen LogP contribution < -0.4 is 10.2 Å². The van der Waals surface area contributed by atoms with Crippen molar-refractivity contribution < 1.29 is 9.53 Å². The third-order valence-corrected chi connectivity index (χ3v) is 3.64. The average Bonchev–Trinajstić information content (AvgIpc) is 2.46. The van der Waals surface area contributed by atoms with Gasteiger partial charge in [-0.25, -0.2) is 0 Å². The lowest BCUT2D eigenvalue weighted by molar-refractivity contribution is -0.143. The number of nitrogens with zero attached hydrogens (tertiary/aromatic N) is 1. The molecule has 0 amide bonds. The molecule has 1 aromatic rings. The molecule has 1 unspecified atom stereocenters. The van der Waals surface area contributed by atoms with Gasteiger partial charge in [0.1, 0.15) is 6.04 Å². The van der Waals surface area contributed by atoms with Crippen LogP contribution in [0.4, 0.5) is 5.69 Å². The molecule has 1 atom stereocenters. The van der Waals surface area contributed by atoms with Crippen LogP contribution >= 0.6 is 0 Å². The Morgan fingerprint density at radius 1 is 1.38 bits per heavy atom. The third-order valence-electron chi connectivity index (χ3n) is 3.64. The van der Waals surface area contributed by atoms with Crippen LogP contribution in [0.3, 0.4) is 0 Å². The van der Waals surface area contributed by atoms with Crippen molar-refractivity contribution in [3.05, 3.63) is 29.3 Å². The van der Waals surface area contributed by atoms with E-state index in [0.29, 0.717) is 0 Å². The van der Waals surface area contributed by atoms with Crippen LogP contribution in [0.2, 0.25) is 0 Å². The lowest BCUT2D eigenvalue weighted by Gasteiger charge is -2.24. The van der Waals surface area contributed by atoms with E-state index in [0.717, 1.165) is 25.9 Å². The van der Waals surface area contributed by atoms with Crippen LogP contribution in [0.1, 0.15) is 30.9 Å². The molecule has 1 N–H and O–H groups in total. The van der Waals surface area contributed by atoms with Crippen molar-refractivity contribution in [3.8, 4) is 0 Å². The fourth-order valence-corrected chi connectivity index (χ4v) is 2.44. The number of aryl methyl sites for hydroxylation is 2. The zero-order valence-electron chi connectivity index (χ0n) is 13.9. The largest absolute Gasteiger partial charge is 0.468 e. The number of carbonyl (C=O) groups is 1. The van der Waals surface area contributed by atoms with E-state index in [1.54, 1.807) is 0 Å². The fourth-order valence-electron chi connectivity index (χ4n) is 2.44. The molecule has 0 aliphatic carbocycles. The van der Waals surface area contributed by atoms with E-state index in [9.17, 15) is 4.79 Å². The summed E-state index contributed by atoms with van der Waals surface area (Å²) in [6, 6.07) is 6.20. The molecule has 4 nitrogen and oxygen atoms in total. The van der Waals surface area contributed by atoms with Crippen molar-refractivity contribution in [2.45, 2.75) is 39.7 Å². The van der Waals surface area contributed by atoms with Gasteiger partial charge in [-0.3, -0.25) is 4.79 Å². The SMILES string of the molecule is CCCNC(CCN(C)c1ccc(C)cc1C)C(=O)OC. The molecule has 1 aromatic carbocycles. The summed E-state index contributed by atoms with van der Waals surface area (Å²) in [5.74, 6) is -0.183. The first-order valence-corrected chi connectivity index (χ1v) is 7.59. The zero-order chi connectivity index (χ0) is 15.8. The quantitative estimate of drug-likeness (QED) is 0.748. The molecule has 0 aliphatic heterocycles. The second kappa shape index (κ2) is 8.67. The van der Waals surface area contributed by atoms with E-state index in [-0.39, 0.29) is 12.0 Å². The Morgan fingerprint density at radius 3 is 2.67 bits per heavy atom. The molecule has 0 fully saturated rings. The van der Waals surface area contributed by atoms with Crippen molar-refractivity contribution >= 4 is 11.7 Å². The standard InChI is InChI=1S/C17H28N2O2/c1-6-10-18-15(17(20)21-5)9-11-19(4)16-8-7-13(2)12-14(16)3/h7-8,12,15,18H,6,9-11H2,1-5H3. The molecule has 21 heavy (non-hydrogen) atoms. The second-order valence-corrected chi connectivity index (χ2v) is 5.53. The predicted octanol–water partition coefficient (Wildman–Crippen LogP) is 2.67. The molecule has 0 spiro atoms. The van der Waals surface area contributed by atoms with Gasteiger partial charge in [0.15, 0.2) is 0 Å². The number of hydrogen-bond acceptors (Lipinski definition) is 4. The Bertz CT molecular complexity index is 460. The minimum atomic E-state index is -0.233. The summed E-state index contributed by atoms with van der Waals surface area (Å²) in [6.07, 6.45) is 1.73. The Hall–Kier alpha value is -1.55. The molecular weight excluding hydrogens is 264 g/mol. The van der Waals surface area contributed by atoms with E-state index in [4.69, 9.17) is 4.74 Å². The minimum Gasteiger partial charge on any atom is -0.468 e. The van der Waals surface area contributed by atoms with Gasteiger partial charge < -0.3 is 15.0 Å². The van der Waals surface area contributed by atoms with Gasteiger partial charge in [-0.05, 0) is 44.9 Å². The van der Waals surface area contributed by atoms with Crippen LogP contribution in [0.25, 0.3) is 0 Å². The normalized spacial score (nSPS) is 12.0. The highest BCUT2D eigenvalue weighted by molar-refractivity contribution is 5.75. The van der Waals surface area contributed by atoms with E-state index < -0.39 is 0 Å². The van der Waals surface area contributed by atoms with Crippen LogP contribution in [0.5, 0.6) is 0 Å². The number of methoxy groups -OCH3 is 1. The monoisotopic (exact) mass is 292 g/mol. The number of carbonyl (C=O) groups excluding carboxylic acids is 1. The summed E-state index contributed by atoms with van der Waals surface area (Å²) in [7, 11) is 3.50. The van der Waals surface area contributed by atoms with Gasteiger partial charge in [0.25, 0.3) is 0 Å². The first-order chi connectivity index (χ1) is 9.99. The molecule has 4 heteroatoms. The summed E-state index contributed by atoms with van der Waals surface area (Å²) in [5, 5.41) is 3.25. The first kappa shape index (κ1) is 17.5. The van der Waals surface area contributed by atoms with Gasteiger partial charge >= 0.3 is 5.97 Å². The van der Waals surface area contributed by atoms with Crippen molar-refractivity contribution in [1.29, 1.82) is 0 Å². The van der Waals surface area contributed by atoms with Crippen LogP contribution in [0.15, 0.2) is 18.2 Å². The molecule has 0 saturated carbocycles. The number of rotatable bonds is 8. The molecule has 118 valence electrons. The first-order valence-electron chi connectivity index (χ1n) is 7.59. The van der Waals surface area contributed by atoms with Gasteiger partial charge in [-0.2, -0.15) is 0 Å². The summed E-state index contributed by atoms with van der Waals surface area (Å²) in [5.41, 5.74) is 3.73. The van der Waals surface area contributed by atoms with Crippen molar-refractivity contribution in [1.82, 2.24) is 5.32 Å². The van der Waals surface area contributed by atoms with Gasteiger partial charge in [-0.1, -0.05) is 24.6 Å². The summed E-state index contributed by atoms with van der Waals surface area (Å²) in [6.45, 7) is 7.93. The minimum absolute atomic E-state index is 0.183. The molecule has 0 aliphatic rings. The molecule has 0 heterocycles. The van der Waals surface area contributed by atoms with Gasteiger partial charge in [0.05, 0.1) is 7.11 Å². The fraction of sp³-hybridized carbons (Fsp3) is 0.588. The molecule has 0 aromatic heterocycles. The molecular formula is C17H28N2O2.